The monoisotopic (exact) mass is 342 g/mol. The van der Waals surface area contributed by atoms with E-state index in [1.54, 1.807) is 7.11 Å². The van der Waals surface area contributed by atoms with Crippen LogP contribution >= 0.6 is 15.9 Å². The van der Waals surface area contributed by atoms with Gasteiger partial charge in [0.25, 0.3) is 0 Å². The molecule has 0 amide bonds. The third kappa shape index (κ3) is 4.19. The predicted molar refractivity (Wildman–Crippen MR) is 85.2 cm³/mol. The van der Waals surface area contributed by atoms with Gasteiger partial charge >= 0.3 is 0 Å². The van der Waals surface area contributed by atoms with Crippen molar-refractivity contribution in [1.29, 1.82) is 0 Å². The summed E-state index contributed by atoms with van der Waals surface area (Å²) < 4.78 is 6.09. The average molecular weight is 343 g/mol. The average Bonchev–Trinajstić information content (AvgIpc) is 2.75. The van der Waals surface area contributed by atoms with E-state index in [0.717, 1.165) is 42.8 Å². The van der Waals surface area contributed by atoms with Gasteiger partial charge in [0.1, 0.15) is 0 Å². The summed E-state index contributed by atoms with van der Waals surface area (Å²) in [6.45, 7) is 5.90. The first-order chi connectivity index (χ1) is 9.52. The van der Waals surface area contributed by atoms with Gasteiger partial charge in [0, 0.05) is 37.8 Å². The summed E-state index contributed by atoms with van der Waals surface area (Å²) in [6.07, 6.45) is 0.819. The van der Waals surface area contributed by atoms with E-state index in [-0.39, 0.29) is 0 Å². The number of nitrogens with one attached hydrogen (secondary N) is 1. The SMILES string of the molecule is COCCNCc1ccc(N2CCC(C)(O)C2)c(Br)c1. The maximum atomic E-state index is 10.1. The molecule has 5 heteroatoms. The van der Waals surface area contributed by atoms with Crippen molar-refractivity contribution in [2.45, 2.75) is 25.5 Å². The lowest BCUT2D eigenvalue weighted by atomic mass is 10.1. The number of aliphatic hydroxyl groups is 1. The van der Waals surface area contributed by atoms with Crippen LogP contribution in [0.15, 0.2) is 22.7 Å². The molecule has 0 aromatic heterocycles. The number of benzene rings is 1. The molecule has 0 aliphatic carbocycles. The Balaban J connectivity index is 1.96. The highest BCUT2D eigenvalue weighted by molar-refractivity contribution is 9.10. The van der Waals surface area contributed by atoms with E-state index in [4.69, 9.17) is 4.74 Å². The van der Waals surface area contributed by atoms with Gasteiger partial charge in [-0.2, -0.15) is 0 Å². The van der Waals surface area contributed by atoms with E-state index in [1.807, 2.05) is 6.92 Å². The van der Waals surface area contributed by atoms with Crippen LogP contribution in [0, 0.1) is 0 Å². The van der Waals surface area contributed by atoms with E-state index >= 15 is 0 Å². The van der Waals surface area contributed by atoms with Crippen LogP contribution in [0.2, 0.25) is 0 Å². The summed E-state index contributed by atoms with van der Waals surface area (Å²) in [6, 6.07) is 6.40. The van der Waals surface area contributed by atoms with Crippen LogP contribution < -0.4 is 10.2 Å². The number of β-amino-alcohol motifs (C(OH)–C–C–N with tert-alkyl or cyclic N) is 1. The van der Waals surface area contributed by atoms with Crippen molar-refractivity contribution in [3.63, 3.8) is 0 Å². The van der Waals surface area contributed by atoms with E-state index < -0.39 is 5.60 Å². The first-order valence-electron chi connectivity index (χ1n) is 6.97. The quantitative estimate of drug-likeness (QED) is 0.777. The smallest absolute Gasteiger partial charge is 0.0810 e. The van der Waals surface area contributed by atoms with Crippen molar-refractivity contribution >= 4 is 21.6 Å². The summed E-state index contributed by atoms with van der Waals surface area (Å²) >= 11 is 3.64. The Labute approximate surface area is 129 Å². The van der Waals surface area contributed by atoms with E-state index in [0.29, 0.717) is 6.54 Å². The zero-order chi connectivity index (χ0) is 14.6. The fraction of sp³-hybridized carbons (Fsp3) is 0.600. The normalized spacial score (nSPS) is 22.5. The Bertz CT molecular complexity index is 451. The molecular formula is C15H23BrN2O2. The predicted octanol–water partition coefficient (Wildman–Crippen LogP) is 2.15. The number of methoxy groups -OCH3 is 1. The van der Waals surface area contributed by atoms with Crippen LogP contribution in [0.5, 0.6) is 0 Å². The molecule has 1 heterocycles. The second-order valence-electron chi connectivity index (χ2n) is 5.62. The summed E-state index contributed by atoms with van der Waals surface area (Å²) in [4.78, 5) is 2.23. The molecule has 0 bridgehead atoms. The second-order valence-corrected chi connectivity index (χ2v) is 6.48. The van der Waals surface area contributed by atoms with Crippen molar-refractivity contribution < 1.29 is 9.84 Å². The maximum Gasteiger partial charge on any atom is 0.0810 e. The molecule has 1 fully saturated rings. The summed E-state index contributed by atoms with van der Waals surface area (Å²) in [7, 11) is 1.71. The van der Waals surface area contributed by atoms with Crippen LogP contribution in [-0.4, -0.2) is 44.1 Å². The van der Waals surface area contributed by atoms with Crippen molar-refractivity contribution in [2.75, 3.05) is 38.3 Å². The molecule has 2 rings (SSSR count). The number of ether oxygens (including phenoxy) is 1. The second kappa shape index (κ2) is 6.89. The molecule has 4 nitrogen and oxygen atoms in total. The molecule has 0 spiro atoms. The maximum absolute atomic E-state index is 10.1. The van der Waals surface area contributed by atoms with Crippen LogP contribution in [0.1, 0.15) is 18.9 Å². The molecule has 0 saturated carbocycles. The lowest BCUT2D eigenvalue weighted by Crippen LogP contribution is -2.29. The van der Waals surface area contributed by atoms with Gasteiger partial charge in [0.2, 0.25) is 0 Å². The molecule has 1 saturated heterocycles. The minimum Gasteiger partial charge on any atom is -0.388 e. The summed E-state index contributed by atoms with van der Waals surface area (Å²) in [5.41, 5.74) is 1.82. The first-order valence-corrected chi connectivity index (χ1v) is 7.76. The van der Waals surface area contributed by atoms with E-state index in [2.05, 4.69) is 44.3 Å². The molecule has 0 radical (unpaired) electrons. The molecule has 1 aromatic rings. The number of anilines is 1. The van der Waals surface area contributed by atoms with Gasteiger partial charge < -0.3 is 20.1 Å². The van der Waals surface area contributed by atoms with Crippen LogP contribution in [0.4, 0.5) is 5.69 Å². The fourth-order valence-electron chi connectivity index (χ4n) is 2.47. The molecule has 20 heavy (non-hydrogen) atoms. The third-order valence-electron chi connectivity index (χ3n) is 3.62. The summed E-state index contributed by atoms with van der Waals surface area (Å²) in [5, 5.41) is 13.4. The highest BCUT2D eigenvalue weighted by Crippen LogP contribution is 2.32. The molecule has 2 N–H and O–H groups in total. The molecule has 1 unspecified atom stereocenters. The lowest BCUT2D eigenvalue weighted by molar-refractivity contribution is 0.0839. The van der Waals surface area contributed by atoms with Crippen molar-refractivity contribution in [2.24, 2.45) is 0 Å². The van der Waals surface area contributed by atoms with Gasteiger partial charge in [-0.3, -0.25) is 0 Å². The van der Waals surface area contributed by atoms with Crippen LogP contribution in [0.25, 0.3) is 0 Å². The van der Waals surface area contributed by atoms with Gasteiger partial charge in [-0.15, -0.1) is 0 Å². The molecule has 1 atom stereocenters. The fourth-order valence-corrected chi connectivity index (χ4v) is 3.15. The Morgan fingerprint density at radius 1 is 1.50 bits per heavy atom. The Morgan fingerprint density at radius 2 is 2.30 bits per heavy atom. The first kappa shape index (κ1) is 15.8. The third-order valence-corrected chi connectivity index (χ3v) is 4.25. The number of nitrogens with zero attached hydrogens (tertiary/aromatic N) is 1. The largest absolute Gasteiger partial charge is 0.388 e. The molecule has 1 aliphatic rings. The number of rotatable bonds is 6. The highest BCUT2D eigenvalue weighted by atomic mass is 79.9. The van der Waals surface area contributed by atoms with Crippen molar-refractivity contribution in [3.8, 4) is 0 Å². The van der Waals surface area contributed by atoms with E-state index in [1.165, 1.54) is 5.56 Å². The van der Waals surface area contributed by atoms with Crippen molar-refractivity contribution in [3.05, 3.63) is 28.2 Å². The molecule has 1 aromatic carbocycles. The summed E-state index contributed by atoms with van der Waals surface area (Å²) in [5.74, 6) is 0. The van der Waals surface area contributed by atoms with E-state index in [9.17, 15) is 5.11 Å². The van der Waals surface area contributed by atoms with Crippen LogP contribution in [-0.2, 0) is 11.3 Å². The van der Waals surface area contributed by atoms with Gasteiger partial charge in [-0.05, 0) is 47.0 Å². The Morgan fingerprint density at radius 3 is 2.90 bits per heavy atom. The molecule has 112 valence electrons. The number of halogens is 1. The van der Waals surface area contributed by atoms with Crippen molar-refractivity contribution in [1.82, 2.24) is 5.32 Å². The zero-order valence-electron chi connectivity index (χ0n) is 12.2. The minimum absolute atomic E-state index is 0.570. The Hall–Kier alpha value is -0.620. The molecule has 1 aliphatic heterocycles. The minimum atomic E-state index is -0.570. The van der Waals surface area contributed by atoms with Gasteiger partial charge in [0.15, 0.2) is 0 Å². The van der Waals surface area contributed by atoms with Gasteiger partial charge in [-0.1, -0.05) is 6.07 Å². The Kier molecular flexibility index (Phi) is 5.43. The van der Waals surface area contributed by atoms with Gasteiger partial charge in [-0.25, -0.2) is 0 Å². The number of hydrogen-bond acceptors (Lipinski definition) is 4. The zero-order valence-corrected chi connectivity index (χ0v) is 13.7. The number of hydrogen-bond donors (Lipinski definition) is 2. The highest BCUT2D eigenvalue weighted by Gasteiger charge is 2.32. The molecular weight excluding hydrogens is 320 g/mol. The standard InChI is InChI=1S/C15H23BrN2O2/c1-15(19)5-7-18(11-15)14-4-3-12(9-13(14)16)10-17-6-8-20-2/h3-4,9,17,19H,5-8,10-11H2,1-2H3. The van der Waals surface area contributed by atoms with Crippen LogP contribution in [0.3, 0.4) is 0 Å². The topological polar surface area (TPSA) is 44.7 Å². The lowest BCUT2D eigenvalue weighted by Gasteiger charge is -2.22. The van der Waals surface area contributed by atoms with Gasteiger partial charge in [0.05, 0.1) is 17.9 Å².